The highest BCUT2D eigenvalue weighted by atomic mass is 16.5. The largest absolute Gasteiger partial charge is 0.492 e. The molecule has 0 aromatic heterocycles. The van der Waals surface area contributed by atoms with E-state index in [9.17, 15) is 9.59 Å². The fourth-order valence-electron chi connectivity index (χ4n) is 3.29. The fraction of sp³-hybridized carbons (Fsp3) is 0.158. The minimum absolute atomic E-state index is 0.0743. The summed E-state index contributed by atoms with van der Waals surface area (Å²) < 4.78 is 5.79. The van der Waals surface area contributed by atoms with Crippen LogP contribution in [0.4, 0.5) is 0 Å². The van der Waals surface area contributed by atoms with E-state index in [2.05, 4.69) is 0 Å². The van der Waals surface area contributed by atoms with Crippen molar-refractivity contribution in [2.24, 2.45) is 0 Å². The monoisotopic (exact) mass is 290 g/mol. The van der Waals surface area contributed by atoms with Crippen molar-refractivity contribution >= 4 is 17.3 Å². The van der Waals surface area contributed by atoms with Gasteiger partial charge in [-0.1, -0.05) is 54.6 Å². The van der Waals surface area contributed by atoms with E-state index in [4.69, 9.17) is 4.74 Å². The Kier molecular flexibility index (Phi) is 2.93. The van der Waals surface area contributed by atoms with Crippen molar-refractivity contribution in [1.29, 1.82) is 0 Å². The van der Waals surface area contributed by atoms with Crippen LogP contribution in [0.25, 0.3) is 5.76 Å². The lowest BCUT2D eigenvalue weighted by Gasteiger charge is -2.31. The SMILES string of the molecule is O=C1C(=O)c2ccccc2C2=C1[C@@H](c1ccccc1)CCO2. The lowest BCUT2D eigenvalue weighted by molar-refractivity contribution is -0.112. The van der Waals surface area contributed by atoms with E-state index >= 15 is 0 Å². The molecule has 22 heavy (non-hydrogen) atoms. The van der Waals surface area contributed by atoms with Gasteiger partial charge in [0, 0.05) is 17.0 Å². The summed E-state index contributed by atoms with van der Waals surface area (Å²) >= 11 is 0. The molecule has 2 aromatic rings. The Balaban J connectivity index is 1.94. The van der Waals surface area contributed by atoms with E-state index in [0.29, 0.717) is 29.9 Å². The van der Waals surface area contributed by atoms with Crippen molar-refractivity contribution in [3.05, 3.63) is 76.9 Å². The van der Waals surface area contributed by atoms with Crippen molar-refractivity contribution in [2.45, 2.75) is 12.3 Å². The molecule has 3 nitrogen and oxygen atoms in total. The van der Waals surface area contributed by atoms with Gasteiger partial charge >= 0.3 is 0 Å². The summed E-state index contributed by atoms with van der Waals surface area (Å²) in [5.74, 6) is -0.349. The average Bonchev–Trinajstić information content (AvgIpc) is 2.60. The van der Waals surface area contributed by atoms with E-state index in [1.807, 2.05) is 42.5 Å². The maximum atomic E-state index is 12.6. The fourth-order valence-corrected chi connectivity index (χ4v) is 3.29. The summed E-state index contributed by atoms with van der Waals surface area (Å²) in [7, 11) is 0. The quantitative estimate of drug-likeness (QED) is 0.756. The molecule has 1 aliphatic heterocycles. The van der Waals surface area contributed by atoms with Gasteiger partial charge in [0.1, 0.15) is 5.76 Å². The first-order valence-electron chi connectivity index (χ1n) is 7.37. The molecule has 0 N–H and O–H groups in total. The third-order valence-electron chi connectivity index (χ3n) is 4.32. The minimum atomic E-state index is -0.430. The van der Waals surface area contributed by atoms with Crippen LogP contribution in [0.5, 0.6) is 0 Å². The molecule has 0 spiro atoms. The Morgan fingerprint density at radius 3 is 2.27 bits per heavy atom. The summed E-state index contributed by atoms with van der Waals surface area (Å²) in [4.78, 5) is 25.0. The lowest BCUT2D eigenvalue weighted by atomic mass is 9.77. The number of hydrogen-bond acceptors (Lipinski definition) is 3. The Morgan fingerprint density at radius 1 is 0.818 bits per heavy atom. The zero-order valence-corrected chi connectivity index (χ0v) is 11.9. The number of fused-ring (bicyclic) bond motifs is 2. The maximum absolute atomic E-state index is 12.6. The van der Waals surface area contributed by atoms with Gasteiger partial charge in [-0.25, -0.2) is 0 Å². The van der Waals surface area contributed by atoms with Crippen LogP contribution in [-0.2, 0) is 9.53 Å². The van der Waals surface area contributed by atoms with Gasteiger partial charge in [0.15, 0.2) is 0 Å². The molecule has 0 fully saturated rings. The molecule has 4 rings (SSSR count). The predicted octanol–water partition coefficient (Wildman–Crippen LogP) is 3.37. The van der Waals surface area contributed by atoms with Crippen molar-refractivity contribution < 1.29 is 14.3 Å². The lowest BCUT2D eigenvalue weighted by Crippen LogP contribution is -2.31. The molecule has 0 saturated carbocycles. The number of benzene rings is 2. The molecule has 0 radical (unpaired) electrons. The van der Waals surface area contributed by atoms with Crippen LogP contribution in [0.3, 0.4) is 0 Å². The van der Waals surface area contributed by atoms with Crippen molar-refractivity contribution in [3.8, 4) is 0 Å². The van der Waals surface area contributed by atoms with Crippen LogP contribution >= 0.6 is 0 Å². The number of ether oxygens (including phenoxy) is 1. The van der Waals surface area contributed by atoms with E-state index in [0.717, 1.165) is 11.1 Å². The summed E-state index contributed by atoms with van der Waals surface area (Å²) in [5, 5.41) is 0. The molecule has 1 aliphatic carbocycles. The van der Waals surface area contributed by atoms with Gasteiger partial charge < -0.3 is 4.74 Å². The number of rotatable bonds is 1. The van der Waals surface area contributed by atoms with Crippen molar-refractivity contribution in [2.75, 3.05) is 6.61 Å². The van der Waals surface area contributed by atoms with Gasteiger partial charge in [-0.15, -0.1) is 0 Å². The zero-order valence-electron chi connectivity index (χ0n) is 11.9. The van der Waals surface area contributed by atoms with E-state index < -0.39 is 11.6 Å². The minimum Gasteiger partial charge on any atom is -0.492 e. The normalized spacial score (nSPS) is 20.3. The molecule has 0 unspecified atom stereocenters. The highest BCUT2D eigenvalue weighted by molar-refractivity contribution is 6.52. The summed E-state index contributed by atoms with van der Waals surface area (Å²) in [5.41, 5.74) is 2.75. The van der Waals surface area contributed by atoms with Crippen LogP contribution in [0.1, 0.15) is 33.8 Å². The number of allylic oxidation sites excluding steroid dienone is 1. The van der Waals surface area contributed by atoms with E-state index in [-0.39, 0.29) is 5.92 Å². The molecular formula is C19H14O3. The average molecular weight is 290 g/mol. The number of hydrogen-bond donors (Lipinski definition) is 0. The van der Waals surface area contributed by atoms with Crippen LogP contribution in [0, 0.1) is 0 Å². The number of ketones is 2. The van der Waals surface area contributed by atoms with Crippen molar-refractivity contribution in [3.63, 3.8) is 0 Å². The van der Waals surface area contributed by atoms with Gasteiger partial charge in [-0.05, 0) is 12.0 Å². The topological polar surface area (TPSA) is 43.4 Å². The molecule has 3 heteroatoms. The smallest absolute Gasteiger partial charge is 0.234 e. The third-order valence-corrected chi connectivity index (χ3v) is 4.32. The standard InChI is InChI=1S/C19H14O3/c20-17-14-8-4-5-9-15(14)19-16(18(17)21)13(10-11-22-19)12-6-2-1-3-7-12/h1-9,13H,10-11H2/t13-/m1/s1. The van der Waals surface area contributed by atoms with E-state index in [1.165, 1.54) is 0 Å². The molecule has 0 bridgehead atoms. The van der Waals surface area contributed by atoms with Crippen LogP contribution in [-0.4, -0.2) is 18.2 Å². The molecule has 1 heterocycles. The molecule has 0 amide bonds. The first-order chi connectivity index (χ1) is 10.8. The molecular weight excluding hydrogens is 276 g/mol. The first kappa shape index (κ1) is 13.0. The summed E-state index contributed by atoms with van der Waals surface area (Å²) in [6.07, 6.45) is 0.712. The van der Waals surface area contributed by atoms with Gasteiger partial charge in [0.25, 0.3) is 0 Å². The molecule has 2 aliphatic rings. The van der Waals surface area contributed by atoms with Crippen LogP contribution < -0.4 is 0 Å². The highest BCUT2D eigenvalue weighted by Crippen LogP contribution is 2.42. The molecule has 2 aromatic carbocycles. The van der Waals surface area contributed by atoms with Crippen LogP contribution in [0.2, 0.25) is 0 Å². The molecule has 0 saturated heterocycles. The second kappa shape index (κ2) is 4.95. The number of carbonyl (C=O) groups excluding carboxylic acids is 2. The highest BCUT2D eigenvalue weighted by Gasteiger charge is 2.40. The third kappa shape index (κ3) is 1.82. The van der Waals surface area contributed by atoms with E-state index in [1.54, 1.807) is 12.1 Å². The summed E-state index contributed by atoms with van der Waals surface area (Å²) in [6.45, 7) is 0.550. The Morgan fingerprint density at radius 2 is 1.50 bits per heavy atom. The van der Waals surface area contributed by atoms with Gasteiger partial charge in [-0.3, -0.25) is 9.59 Å². The second-order valence-electron chi connectivity index (χ2n) is 5.55. The first-order valence-corrected chi connectivity index (χ1v) is 7.37. The number of Topliss-reactive ketones (excluding diaryl/α,β-unsaturated/α-hetero) is 2. The van der Waals surface area contributed by atoms with Crippen molar-refractivity contribution in [1.82, 2.24) is 0 Å². The molecule has 108 valence electrons. The van der Waals surface area contributed by atoms with Gasteiger partial charge in [-0.2, -0.15) is 0 Å². The maximum Gasteiger partial charge on any atom is 0.234 e. The second-order valence-corrected chi connectivity index (χ2v) is 5.55. The zero-order chi connectivity index (χ0) is 15.1. The van der Waals surface area contributed by atoms with Gasteiger partial charge in [0.2, 0.25) is 11.6 Å². The number of carbonyl (C=O) groups is 2. The Bertz CT molecular complexity index is 802. The molecule has 1 atom stereocenters. The summed E-state index contributed by atoms with van der Waals surface area (Å²) in [6, 6.07) is 17.0. The predicted molar refractivity (Wildman–Crippen MR) is 82.5 cm³/mol. The van der Waals surface area contributed by atoms with Crippen LogP contribution in [0.15, 0.2) is 60.2 Å². The Hall–Kier alpha value is -2.68. The Labute approximate surface area is 128 Å². The van der Waals surface area contributed by atoms with Gasteiger partial charge in [0.05, 0.1) is 12.2 Å².